The topological polar surface area (TPSA) is 30.8 Å². The van der Waals surface area contributed by atoms with Gasteiger partial charge in [-0.3, -0.25) is 4.99 Å². The zero-order valence-corrected chi connectivity index (χ0v) is 15.7. The molecule has 0 N–H and O–H groups in total. The third-order valence-corrected chi connectivity index (χ3v) is 4.96. The Hall–Kier alpha value is -2.72. The SMILES string of the molecule is COc1ccc(C=Nc2ccc(CSc3ccccc3)cc2)c(OC)c1. The molecule has 3 aromatic rings. The lowest BCUT2D eigenvalue weighted by molar-refractivity contribution is 0.394. The molecule has 0 amide bonds. The highest BCUT2D eigenvalue weighted by Crippen LogP contribution is 2.25. The standard InChI is InChI=1S/C22H21NO2S/c1-24-20-13-10-18(22(14-20)25-2)15-23-19-11-8-17(9-12-19)16-26-21-6-4-3-5-7-21/h3-15H,16H2,1-2H3. The van der Waals surface area contributed by atoms with Gasteiger partial charge in [0.15, 0.2) is 0 Å². The Balaban J connectivity index is 1.64. The van der Waals surface area contributed by atoms with Crippen molar-refractivity contribution in [2.24, 2.45) is 4.99 Å². The largest absolute Gasteiger partial charge is 0.497 e. The molecule has 0 aromatic heterocycles. The van der Waals surface area contributed by atoms with Crippen LogP contribution in [0.15, 0.2) is 82.7 Å². The summed E-state index contributed by atoms with van der Waals surface area (Å²) in [6.07, 6.45) is 1.81. The second-order valence-corrected chi connectivity index (χ2v) is 6.68. The van der Waals surface area contributed by atoms with E-state index in [2.05, 4.69) is 41.4 Å². The van der Waals surface area contributed by atoms with Crippen molar-refractivity contribution < 1.29 is 9.47 Å². The number of aliphatic imine (C=N–C) groups is 1. The van der Waals surface area contributed by atoms with Gasteiger partial charge in [-0.05, 0) is 42.0 Å². The van der Waals surface area contributed by atoms with Crippen molar-refractivity contribution in [3.05, 3.63) is 83.9 Å². The van der Waals surface area contributed by atoms with Gasteiger partial charge in [0.1, 0.15) is 11.5 Å². The molecule has 0 radical (unpaired) electrons. The third-order valence-electron chi connectivity index (χ3n) is 3.88. The van der Waals surface area contributed by atoms with Gasteiger partial charge in [0.25, 0.3) is 0 Å². The third kappa shape index (κ3) is 4.90. The molecule has 0 fully saturated rings. The molecule has 3 rings (SSSR count). The summed E-state index contributed by atoms with van der Waals surface area (Å²) in [6.45, 7) is 0. The van der Waals surface area contributed by atoms with E-state index in [-0.39, 0.29) is 0 Å². The van der Waals surface area contributed by atoms with Crippen LogP contribution in [0.3, 0.4) is 0 Å². The summed E-state index contributed by atoms with van der Waals surface area (Å²) in [6, 6.07) is 24.4. The minimum atomic E-state index is 0.740. The lowest BCUT2D eigenvalue weighted by Crippen LogP contribution is -1.92. The first-order valence-corrected chi connectivity index (χ1v) is 9.30. The zero-order chi connectivity index (χ0) is 18.2. The fraction of sp³-hybridized carbons (Fsp3) is 0.136. The molecule has 4 heteroatoms. The molecular formula is C22H21NO2S. The normalized spacial score (nSPS) is 10.8. The van der Waals surface area contributed by atoms with E-state index in [1.807, 2.05) is 54.4 Å². The van der Waals surface area contributed by atoms with E-state index < -0.39 is 0 Å². The van der Waals surface area contributed by atoms with E-state index in [4.69, 9.17) is 9.47 Å². The van der Waals surface area contributed by atoms with Crippen LogP contribution in [0.25, 0.3) is 0 Å². The van der Waals surface area contributed by atoms with Crippen LogP contribution in [-0.2, 0) is 5.75 Å². The number of benzene rings is 3. The molecule has 0 saturated heterocycles. The molecule has 3 nitrogen and oxygen atoms in total. The molecule has 0 aliphatic heterocycles. The van der Waals surface area contributed by atoms with Crippen molar-refractivity contribution in [2.45, 2.75) is 10.6 Å². The first-order chi connectivity index (χ1) is 12.8. The van der Waals surface area contributed by atoms with Crippen LogP contribution in [0.4, 0.5) is 5.69 Å². The second kappa shape index (κ2) is 9.11. The highest BCUT2D eigenvalue weighted by atomic mass is 32.2. The molecule has 26 heavy (non-hydrogen) atoms. The predicted octanol–water partition coefficient (Wildman–Crippen LogP) is 5.75. The quantitative estimate of drug-likeness (QED) is 0.396. The number of hydrogen-bond acceptors (Lipinski definition) is 4. The number of thioether (sulfide) groups is 1. The zero-order valence-electron chi connectivity index (χ0n) is 14.9. The molecule has 0 heterocycles. The highest BCUT2D eigenvalue weighted by Gasteiger charge is 2.03. The summed E-state index contributed by atoms with van der Waals surface area (Å²) >= 11 is 1.83. The van der Waals surface area contributed by atoms with E-state index >= 15 is 0 Å². The minimum Gasteiger partial charge on any atom is -0.497 e. The molecule has 0 bridgehead atoms. The van der Waals surface area contributed by atoms with Gasteiger partial charge in [0, 0.05) is 28.5 Å². The van der Waals surface area contributed by atoms with Crippen LogP contribution >= 0.6 is 11.8 Å². The Morgan fingerprint density at radius 1 is 0.885 bits per heavy atom. The van der Waals surface area contributed by atoms with E-state index in [0.29, 0.717) is 0 Å². The molecule has 0 atom stereocenters. The first kappa shape index (κ1) is 18.1. The van der Waals surface area contributed by atoms with Gasteiger partial charge in [-0.1, -0.05) is 30.3 Å². The number of nitrogens with zero attached hydrogens (tertiary/aromatic N) is 1. The molecule has 3 aromatic carbocycles. The minimum absolute atomic E-state index is 0.740. The highest BCUT2D eigenvalue weighted by molar-refractivity contribution is 7.98. The van der Waals surface area contributed by atoms with Crippen LogP contribution in [-0.4, -0.2) is 20.4 Å². The van der Waals surface area contributed by atoms with Crippen molar-refractivity contribution in [3.63, 3.8) is 0 Å². The van der Waals surface area contributed by atoms with E-state index in [9.17, 15) is 0 Å². The first-order valence-electron chi connectivity index (χ1n) is 8.31. The molecule has 0 aliphatic rings. The number of rotatable bonds is 7. The maximum absolute atomic E-state index is 5.40. The smallest absolute Gasteiger partial charge is 0.131 e. The summed E-state index contributed by atoms with van der Waals surface area (Å²) in [7, 11) is 3.28. The van der Waals surface area contributed by atoms with Crippen LogP contribution in [0.2, 0.25) is 0 Å². The van der Waals surface area contributed by atoms with Crippen molar-refractivity contribution in [2.75, 3.05) is 14.2 Å². The average molecular weight is 363 g/mol. The van der Waals surface area contributed by atoms with Gasteiger partial charge >= 0.3 is 0 Å². The monoisotopic (exact) mass is 363 g/mol. The second-order valence-electron chi connectivity index (χ2n) is 5.63. The van der Waals surface area contributed by atoms with Crippen molar-refractivity contribution in [1.82, 2.24) is 0 Å². The Bertz CT molecular complexity index is 861. The molecule has 0 aliphatic carbocycles. The molecular weight excluding hydrogens is 342 g/mol. The van der Waals surface area contributed by atoms with Gasteiger partial charge in [-0.2, -0.15) is 0 Å². The maximum Gasteiger partial charge on any atom is 0.131 e. The van der Waals surface area contributed by atoms with Gasteiger partial charge in [0.2, 0.25) is 0 Å². The summed E-state index contributed by atoms with van der Waals surface area (Å²) in [4.78, 5) is 5.83. The Morgan fingerprint density at radius 2 is 1.65 bits per heavy atom. The lowest BCUT2D eigenvalue weighted by atomic mass is 10.2. The molecule has 0 spiro atoms. The Kier molecular flexibility index (Phi) is 6.34. The van der Waals surface area contributed by atoms with E-state index in [1.54, 1.807) is 14.2 Å². The van der Waals surface area contributed by atoms with Crippen LogP contribution in [0, 0.1) is 0 Å². The maximum atomic E-state index is 5.40. The van der Waals surface area contributed by atoms with Crippen LogP contribution in [0.1, 0.15) is 11.1 Å². The number of methoxy groups -OCH3 is 2. The summed E-state index contributed by atoms with van der Waals surface area (Å²) < 4.78 is 10.6. The van der Waals surface area contributed by atoms with Crippen molar-refractivity contribution in [1.29, 1.82) is 0 Å². The summed E-state index contributed by atoms with van der Waals surface area (Å²) in [5.41, 5.74) is 3.10. The Labute approximate surface area is 158 Å². The molecule has 0 unspecified atom stereocenters. The van der Waals surface area contributed by atoms with E-state index in [1.165, 1.54) is 10.5 Å². The van der Waals surface area contributed by atoms with Gasteiger partial charge in [0.05, 0.1) is 19.9 Å². The van der Waals surface area contributed by atoms with Gasteiger partial charge < -0.3 is 9.47 Å². The lowest BCUT2D eigenvalue weighted by Gasteiger charge is -2.07. The predicted molar refractivity (Wildman–Crippen MR) is 109 cm³/mol. The summed E-state index contributed by atoms with van der Waals surface area (Å²) in [5, 5.41) is 0. The van der Waals surface area contributed by atoms with Gasteiger partial charge in [-0.25, -0.2) is 0 Å². The number of hydrogen-bond donors (Lipinski definition) is 0. The fourth-order valence-electron chi connectivity index (χ4n) is 2.43. The molecule has 0 saturated carbocycles. The van der Waals surface area contributed by atoms with Crippen LogP contribution < -0.4 is 9.47 Å². The Morgan fingerprint density at radius 3 is 2.35 bits per heavy atom. The van der Waals surface area contributed by atoms with E-state index in [0.717, 1.165) is 28.5 Å². The summed E-state index contributed by atoms with van der Waals surface area (Å²) in [5.74, 6) is 2.45. The average Bonchev–Trinajstić information content (AvgIpc) is 2.72. The van der Waals surface area contributed by atoms with Crippen molar-refractivity contribution >= 4 is 23.7 Å². The fourth-order valence-corrected chi connectivity index (χ4v) is 3.31. The van der Waals surface area contributed by atoms with Crippen LogP contribution in [0.5, 0.6) is 11.5 Å². The van der Waals surface area contributed by atoms with Crippen molar-refractivity contribution in [3.8, 4) is 11.5 Å². The number of ether oxygens (including phenoxy) is 2. The molecule has 132 valence electrons. The van der Waals surface area contributed by atoms with Gasteiger partial charge in [-0.15, -0.1) is 11.8 Å².